The van der Waals surface area contributed by atoms with Crippen LogP contribution in [0.25, 0.3) is 10.9 Å². The molecule has 0 saturated carbocycles. The predicted molar refractivity (Wildman–Crippen MR) is 80.5 cm³/mol. The Morgan fingerprint density at radius 2 is 2.19 bits per heavy atom. The fourth-order valence-corrected chi connectivity index (χ4v) is 1.77. The Bertz CT molecular complexity index is 712. The van der Waals surface area contributed by atoms with Gasteiger partial charge in [0.2, 0.25) is 17.7 Å². The van der Waals surface area contributed by atoms with E-state index < -0.39 is 0 Å². The maximum absolute atomic E-state index is 11.2. The van der Waals surface area contributed by atoms with Crippen molar-refractivity contribution in [3.05, 3.63) is 23.8 Å². The minimum atomic E-state index is -0.223. The molecule has 0 unspecified atom stereocenters. The average molecular weight is 287 g/mol. The van der Waals surface area contributed by atoms with E-state index in [1.165, 1.54) is 7.11 Å². The molecular weight excluding hydrogens is 270 g/mol. The van der Waals surface area contributed by atoms with Gasteiger partial charge in [-0.3, -0.25) is 10.1 Å². The SMILES string of the molecule is CCC(=O)NC(N)=Nc1nc(OC)c2cc(C)ccc2n1. The number of hydrogen-bond donors (Lipinski definition) is 2. The Morgan fingerprint density at radius 1 is 1.43 bits per heavy atom. The standard InChI is InChI=1S/C14H17N5O2/c1-4-11(20)17-13(15)19-14-16-10-6-5-8(2)7-9(10)12(18-14)21-3/h5-7H,4H2,1-3H3,(H3,15,16,17,18,19,20). The summed E-state index contributed by atoms with van der Waals surface area (Å²) in [5.74, 6) is 0.282. The Balaban J connectivity index is 2.44. The maximum Gasteiger partial charge on any atom is 0.256 e. The molecule has 0 radical (unpaired) electrons. The van der Waals surface area contributed by atoms with Gasteiger partial charge in [0.25, 0.3) is 5.95 Å². The number of methoxy groups -OCH3 is 1. The van der Waals surface area contributed by atoms with Gasteiger partial charge in [0.05, 0.1) is 18.0 Å². The van der Waals surface area contributed by atoms with E-state index in [0.29, 0.717) is 17.8 Å². The highest BCUT2D eigenvalue weighted by Gasteiger charge is 2.09. The molecule has 0 bridgehead atoms. The van der Waals surface area contributed by atoms with Crippen LogP contribution >= 0.6 is 0 Å². The second kappa shape index (κ2) is 6.17. The number of carbonyl (C=O) groups excluding carboxylic acids is 1. The Hall–Kier alpha value is -2.70. The van der Waals surface area contributed by atoms with Crippen LogP contribution in [0.15, 0.2) is 23.2 Å². The van der Waals surface area contributed by atoms with Crippen molar-refractivity contribution in [1.82, 2.24) is 15.3 Å². The first-order chi connectivity index (χ1) is 10.0. The largest absolute Gasteiger partial charge is 0.480 e. The number of carbonyl (C=O) groups is 1. The summed E-state index contributed by atoms with van der Waals surface area (Å²) in [7, 11) is 1.53. The van der Waals surface area contributed by atoms with Gasteiger partial charge in [-0.2, -0.15) is 9.98 Å². The zero-order chi connectivity index (χ0) is 15.4. The Morgan fingerprint density at radius 3 is 2.86 bits per heavy atom. The van der Waals surface area contributed by atoms with Crippen LogP contribution in [0, 0.1) is 6.92 Å². The summed E-state index contributed by atoms with van der Waals surface area (Å²) < 4.78 is 5.26. The van der Waals surface area contributed by atoms with Crippen LogP contribution in [0.1, 0.15) is 18.9 Å². The molecule has 0 atom stereocenters. The van der Waals surface area contributed by atoms with Crippen LogP contribution in [-0.4, -0.2) is 28.9 Å². The molecule has 3 N–H and O–H groups in total. The molecule has 1 aromatic carbocycles. The van der Waals surface area contributed by atoms with Crippen LogP contribution in [-0.2, 0) is 4.79 Å². The summed E-state index contributed by atoms with van der Waals surface area (Å²) in [6, 6.07) is 5.73. The summed E-state index contributed by atoms with van der Waals surface area (Å²) in [6.07, 6.45) is 0.317. The number of rotatable bonds is 3. The second-order valence-electron chi connectivity index (χ2n) is 4.45. The highest BCUT2D eigenvalue weighted by atomic mass is 16.5. The van der Waals surface area contributed by atoms with E-state index in [2.05, 4.69) is 20.3 Å². The molecule has 0 aliphatic heterocycles. The molecule has 1 amide bonds. The fraction of sp³-hybridized carbons (Fsp3) is 0.286. The molecule has 0 saturated heterocycles. The Kier molecular flexibility index (Phi) is 4.32. The third-order valence-electron chi connectivity index (χ3n) is 2.81. The predicted octanol–water partition coefficient (Wildman–Crippen LogP) is 1.42. The lowest BCUT2D eigenvalue weighted by atomic mass is 10.2. The van der Waals surface area contributed by atoms with Crippen molar-refractivity contribution >= 4 is 28.7 Å². The molecule has 0 aliphatic rings. The molecule has 0 spiro atoms. The molecule has 21 heavy (non-hydrogen) atoms. The zero-order valence-electron chi connectivity index (χ0n) is 12.2. The highest BCUT2D eigenvalue weighted by Crippen LogP contribution is 2.25. The minimum Gasteiger partial charge on any atom is -0.480 e. The molecule has 0 fully saturated rings. The van der Waals surface area contributed by atoms with Crippen molar-refractivity contribution in [1.29, 1.82) is 0 Å². The van der Waals surface area contributed by atoms with Gasteiger partial charge >= 0.3 is 0 Å². The summed E-state index contributed by atoms with van der Waals surface area (Å²) in [4.78, 5) is 23.7. The van der Waals surface area contributed by atoms with E-state index in [9.17, 15) is 4.79 Å². The number of nitrogens with zero attached hydrogens (tertiary/aromatic N) is 3. The summed E-state index contributed by atoms with van der Waals surface area (Å²) >= 11 is 0. The quantitative estimate of drug-likeness (QED) is 0.656. The lowest BCUT2D eigenvalue weighted by molar-refractivity contribution is -0.119. The molecule has 0 aliphatic carbocycles. The number of hydrogen-bond acceptors (Lipinski definition) is 5. The van der Waals surface area contributed by atoms with Gasteiger partial charge in [-0.1, -0.05) is 18.6 Å². The number of aromatic nitrogens is 2. The molecule has 1 heterocycles. The van der Waals surface area contributed by atoms with Gasteiger partial charge in [-0.05, 0) is 19.1 Å². The van der Waals surface area contributed by atoms with Crippen molar-refractivity contribution in [2.45, 2.75) is 20.3 Å². The van der Waals surface area contributed by atoms with Gasteiger partial charge in [-0.15, -0.1) is 0 Å². The first-order valence-electron chi connectivity index (χ1n) is 6.50. The lowest BCUT2D eigenvalue weighted by Gasteiger charge is -2.07. The molecule has 7 heteroatoms. The van der Waals surface area contributed by atoms with E-state index in [1.807, 2.05) is 25.1 Å². The van der Waals surface area contributed by atoms with Gasteiger partial charge in [0.15, 0.2) is 0 Å². The molecule has 110 valence electrons. The number of benzene rings is 1. The highest BCUT2D eigenvalue weighted by molar-refractivity contribution is 5.97. The molecule has 7 nitrogen and oxygen atoms in total. The Labute approximate surface area is 122 Å². The van der Waals surface area contributed by atoms with Gasteiger partial charge < -0.3 is 10.5 Å². The topological polar surface area (TPSA) is 102 Å². The van der Waals surface area contributed by atoms with Gasteiger partial charge in [-0.25, -0.2) is 4.98 Å². The van der Waals surface area contributed by atoms with Gasteiger partial charge in [0.1, 0.15) is 0 Å². The number of nitrogens with two attached hydrogens (primary N) is 1. The van der Waals surface area contributed by atoms with Crippen LogP contribution in [0.3, 0.4) is 0 Å². The number of nitrogens with one attached hydrogen (secondary N) is 1. The monoisotopic (exact) mass is 287 g/mol. The van der Waals surface area contributed by atoms with Crippen LogP contribution in [0.4, 0.5) is 5.95 Å². The van der Waals surface area contributed by atoms with E-state index >= 15 is 0 Å². The number of guanidine groups is 1. The number of amides is 1. The number of aliphatic imine (C=N–C) groups is 1. The maximum atomic E-state index is 11.2. The number of ether oxygens (including phenoxy) is 1. The summed E-state index contributed by atoms with van der Waals surface area (Å²) in [6.45, 7) is 3.70. The van der Waals surface area contributed by atoms with E-state index in [0.717, 1.165) is 10.9 Å². The van der Waals surface area contributed by atoms with Crippen molar-refractivity contribution in [3.63, 3.8) is 0 Å². The van der Waals surface area contributed by atoms with Gasteiger partial charge in [0, 0.05) is 6.42 Å². The van der Waals surface area contributed by atoms with E-state index in [1.54, 1.807) is 6.92 Å². The first-order valence-corrected chi connectivity index (χ1v) is 6.50. The number of fused-ring (bicyclic) bond motifs is 1. The molecule has 2 rings (SSSR count). The zero-order valence-corrected chi connectivity index (χ0v) is 12.2. The number of aryl methyl sites for hydroxylation is 1. The lowest BCUT2D eigenvalue weighted by Crippen LogP contribution is -2.36. The van der Waals surface area contributed by atoms with Crippen LogP contribution in [0.5, 0.6) is 5.88 Å². The fourth-order valence-electron chi connectivity index (χ4n) is 1.77. The van der Waals surface area contributed by atoms with Crippen LogP contribution in [0.2, 0.25) is 0 Å². The smallest absolute Gasteiger partial charge is 0.256 e. The van der Waals surface area contributed by atoms with Crippen molar-refractivity contribution < 1.29 is 9.53 Å². The summed E-state index contributed by atoms with van der Waals surface area (Å²) in [5, 5.41) is 3.24. The third-order valence-corrected chi connectivity index (χ3v) is 2.81. The molecule has 2 aromatic rings. The van der Waals surface area contributed by atoms with Crippen molar-refractivity contribution in [2.24, 2.45) is 10.7 Å². The molecular formula is C14H17N5O2. The first kappa shape index (κ1) is 14.7. The van der Waals surface area contributed by atoms with Crippen molar-refractivity contribution in [3.8, 4) is 5.88 Å². The third kappa shape index (κ3) is 3.44. The average Bonchev–Trinajstić information content (AvgIpc) is 2.46. The van der Waals surface area contributed by atoms with E-state index in [4.69, 9.17) is 10.5 Å². The molecule has 1 aromatic heterocycles. The van der Waals surface area contributed by atoms with Crippen LogP contribution < -0.4 is 15.8 Å². The summed E-state index contributed by atoms with van der Waals surface area (Å²) in [5.41, 5.74) is 7.41. The second-order valence-corrected chi connectivity index (χ2v) is 4.45. The van der Waals surface area contributed by atoms with E-state index in [-0.39, 0.29) is 17.8 Å². The normalized spacial score (nSPS) is 11.5. The van der Waals surface area contributed by atoms with Crippen molar-refractivity contribution in [2.75, 3.05) is 7.11 Å². The minimum absolute atomic E-state index is 0.0460.